The Balaban J connectivity index is 1.43. The maximum absolute atomic E-state index is 12.7. The summed E-state index contributed by atoms with van der Waals surface area (Å²) in [6.45, 7) is 3.21. The first kappa shape index (κ1) is 17.3. The Labute approximate surface area is 154 Å². The van der Waals surface area contributed by atoms with E-state index in [4.69, 9.17) is 0 Å². The maximum Gasteiger partial charge on any atom is 0.321 e. The number of anilines is 2. The van der Waals surface area contributed by atoms with E-state index in [0.717, 1.165) is 29.8 Å². The molecule has 0 radical (unpaired) electrons. The van der Waals surface area contributed by atoms with Crippen LogP contribution in [0, 0.1) is 5.92 Å². The number of amides is 3. The molecule has 0 bridgehead atoms. The molecule has 1 aromatic carbocycles. The Hall–Kier alpha value is -2.08. The lowest BCUT2D eigenvalue weighted by atomic mass is 9.85. The largest absolute Gasteiger partial charge is 0.338 e. The molecule has 3 N–H and O–H groups in total. The van der Waals surface area contributed by atoms with E-state index in [2.05, 4.69) is 16.0 Å². The van der Waals surface area contributed by atoms with Crippen molar-refractivity contribution in [1.29, 1.82) is 0 Å². The van der Waals surface area contributed by atoms with Crippen LogP contribution in [-0.2, 0) is 11.2 Å². The first-order chi connectivity index (χ1) is 12.7. The first-order valence-corrected chi connectivity index (χ1v) is 9.91. The lowest BCUT2D eigenvalue weighted by Crippen LogP contribution is -2.40. The Morgan fingerprint density at radius 2 is 2.12 bits per heavy atom. The summed E-state index contributed by atoms with van der Waals surface area (Å²) in [6.07, 6.45) is 6.78. The number of nitrogens with zero attached hydrogens (tertiary/aromatic N) is 1. The average Bonchev–Trinajstić information content (AvgIpc) is 3.25. The molecule has 1 aliphatic carbocycles. The Bertz CT molecular complexity index is 691. The van der Waals surface area contributed by atoms with E-state index in [1.807, 2.05) is 25.1 Å². The summed E-state index contributed by atoms with van der Waals surface area (Å²) >= 11 is 0. The van der Waals surface area contributed by atoms with Gasteiger partial charge in [0, 0.05) is 24.8 Å². The number of fused-ring (bicyclic) bond motifs is 2. The molecule has 1 saturated carbocycles. The van der Waals surface area contributed by atoms with E-state index in [-0.39, 0.29) is 18.0 Å². The number of nitrogens with one attached hydrogen (secondary N) is 3. The van der Waals surface area contributed by atoms with E-state index in [1.54, 1.807) is 4.90 Å². The van der Waals surface area contributed by atoms with Crippen LogP contribution < -0.4 is 20.9 Å². The molecule has 3 atom stereocenters. The Kier molecular flexibility index (Phi) is 4.85. The van der Waals surface area contributed by atoms with Crippen molar-refractivity contribution in [2.75, 3.05) is 23.3 Å². The highest BCUT2D eigenvalue weighted by atomic mass is 16.2. The van der Waals surface area contributed by atoms with Gasteiger partial charge in [-0.2, -0.15) is 0 Å². The summed E-state index contributed by atoms with van der Waals surface area (Å²) < 4.78 is 0. The third kappa shape index (κ3) is 3.30. The van der Waals surface area contributed by atoms with E-state index in [9.17, 15) is 9.59 Å². The van der Waals surface area contributed by atoms with Crippen molar-refractivity contribution in [2.45, 2.75) is 57.5 Å². The molecule has 0 aromatic heterocycles. The highest BCUT2D eigenvalue weighted by Gasteiger charge is 2.38. The minimum Gasteiger partial charge on any atom is -0.338 e. The second kappa shape index (κ2) is 7.27. The molecule has 6 nitrogen and oxygen atoms in total. The van der Waals surface area contributed by atoms with Gasteiger partial charge in [0.05, 0.1) is 11.7 Å². The zero-order valence-electron chi connectivity index (χ0n) is 15.4. The zero-order chi connectivity index (χ0) is 18.1. The van der Waals surface area contributed by atoms with Crippen LogP contribution in [0.25, 0.3) is 0 Å². The zero-order valence-corrected chi connectivity index (χ0v) is 15.4. The molecule has 2 fully saturated rings. The van der Waals surface area contributed by atoms with Crippen molar-refractivity contribution in [3.63, 3.8) is 0 Å². The predicted octanol–water partition coefficient (Wildman–Crippen LogP) is 2.64. The van der Waals surface area contributed by atoms with E-state index in [0.29, 0.717) is 25.0 Å². The fourth-order valence-corrected chi connectivity index (χ4v) is 4.67. The van der Waals surface area contributed by atoms with Crippen LogP contribution in [0.3, 0.4) is 0 Å². The summed E-state index contributed by atoms with van der Waals surface area (Å²) in [6, 6.07) is 6.23. The van der Waals surface area contributed by atoms with Gasteiger partial charge in [-0.3, -0.25) is 9.69 Å². The van der Waals surface area contributed by atoms with E-state index >= 15 is 0 Å². The highest BCUT2D eigenvalue weighted by molar-refractivity contribution is 5.98. The average molecular weight is 356 g/mol. The lowest BCUT2D eigenvalue weighted by molar-refractivity contribution is -0.117. The second-order valence-electron chi connectivity index (χ2n) is 7.68. The summed E-state index contributed by atoms with van der Waals surface area (Å²) in [5, 5.41) is 9.43. The minimum absolute atomic E-state index is 0.0434. The SMILES string of the molecule is CCNC(=O)N1CCc2ccc(NC(=O)C3CC4CCCCC4N3)cc21. The molecular weight excluding hydrogens is 328 g/mol. The van der Waals surface area contributed by atoms with Gasteiger partial charge in [0.25, 0.3) is 0 Å². The smallest absolute Gasteiger partial charge is 0.321 e. The molecule has 2 aliphatic heterocycles. The number of hydrogen-bond acceptors (Lipinski definition) is 3. The normalized spacial score (nSPS) is 27.0. The number of urea groups is 1. The van der Waals surface area contributed by atoms with Crippen LogP contribution in [0.1, 0.15) is 44.6 Å². The molecule has 4 rings (SSSR count). The molecule has 0 spiro atoms. The van der Waals surface area contributed by atoms with Crippen molar-refractivity contribution in [1.82, 2.24) is 10.6 Å². The van der Waals surface area contributed by atoms with Crippen LogP contribution in [-0.4, -0.2) is 37.1 Å². The Morgan fingerprint density at radius 1 is 1.27 bits per heavy atom. The van der Waals surface area contributed by atoms with Gasteiger partial charge in [0.15, 0.2) is 0 Å². The molecule has 3 amide bonds. The number of benzene rings is 1. The van der Waals surface area contributed by atoms with Crippen molar-refractivity contribution in [2.24, 2.45) is 5.92 Å². The van der Waals surface area contributed by atoms with Crippen LogP contribution in [0.4, 0.5) is 16.2 Å². The number of carbonyl (C=O) groups excluding carboxylic acids is 2. The number of rotatable bonds is 3. The van der Waals surface area contributed by atoms with E-state index < -0.39 is 0 Å². The molecule has 1 aromatic rings. The molecule has 26 heavy (non-hydrogen) atoms. The number of carbonyl (C=O) groups is 2. The lowest BCUT2D eigenvalue weighted by Gasteiger charge is -2.24. The van der Waals surface area contributed by atoms with Crippen molar-refractivity contribution in [3.8, 4) is 0 Å². The summed E-state index contributed by atoms with van der Waals surface area (Å²) in [7, 11) is 0. The molecule has 1 saturated heterocycles. The molecule has 3 unspecified atom stereocenters. The van der Waals surface area contributed by atoms with Gasteiger partial charge in [-0.05, 0) is 56.2 Å². The van der Waals surface area contributed by atoms with Crippen LogP contribution >= 0.6 is 0 Å². The summed E-state index contributed by atoms with van der Waals surface area (Å²) in [5.74, 6) is 0.689. The van der Waals surface area contributed by atoms with Gasteiger partial charge in [-0.25, -0.2) is 4.79 Å². The van der Waals surface area contributed by atoms with Crippen molar-refractivity contribution >= 4 is 23.3 Å². The summed E-state index contributed by atoms with van der Waals surface area (Å²) in [5.41, 5.74) is 2.82. The second-order valence-corrected chi connectivity index (χ2v) is 7.68. The fraction of sp³-hybridized carbons (Fsp3) is 0.600. The first-order valence-electron chi connectivity index (χ1n) is 9.91. The molecule has 2 heterocycles. The van der Waals surface area contributed by atoms with Crippen molar-refractivity contribution < 1.29 is 9.59 Å². The molecule has 140 valence electrons. The molecule has 3 aliphatic rings. The van der Waals surface area contributed by atoms with E-state index in [1.165, 1.54) is 25.7 Å². The van der Waals surface area contributed by atoms with Gasteiger partial charge in [0.1, 0.15) is 0 Å². The molecule has 6 heteroatoms. The monoisotopic (exact) mass is 356 g/mol. The molecular formula is C20H28N4O2. The van der Waals surface area contributed by atoms with Gasteiger partial charge < -0.3 is 16.0 Å². The third-order valence-electron chi connectivity index (χ3n) is 6.00. The summed E-state index contributed by atoms with van der Waals surface area (Å²) in [4.78, 5) is 26.7. The van der Waals surface area contributed by atoms with Crippen LogP contribution in [0.5, 0.6) is 0 Å². The predicted molar refractivity (Wildman–Crippen MR) is 102 cm³/mol. The standard InChI is InChI=1S/C20H28N4O2/c1-2-21-20(26)24-10-9-13-7-8-15(12-18(13)24)22-19(25)17-11-14-5-3-4-6-16(14)23-17/h7-8,12,14,16-17,23H,2-6,9-11H2,1H3,(H,21,26)(H,22,25). The van der Waals surface area contributed by atoms with Gasteiger partial charge in [-0.1, -0.05) is 18.9 Å². The quantitative estimate of drug-likeness (QED) is 0.779. The van der Waals surface area contributed by atoms with Crippen LogP contribution in [0.15, 0.2) is 18.2 Å². The topological polar surface area (TPSA) is 73.5 Å². The Morgan fingerprint density at radius 3 is 2.92 bits per heavy atom. The van der Waals surface area contributed by atoms with Gasteiger partial charge >= 0.3 is 6.03 Å². The van der Waals surface area contributed by atoms with Gasteiger partial charge in [0.2, 0.25) is 5.91 Å². The van der Waals surface area contributed by atoms with Crippen molar-refractivity contribution in [3.05, 3.63) is 23.8 Å². The maximum atomic E-state index is 12.7. The fourth-order valence-electron chi connectivity index (χ4n) is 4.67. The number of hydrogen-bond donors (Lipinski definition) is 3. The minimum atomic E-state index is -0.101. The third-order valence-corrected chi connectivity index (χ3v) is 6.00. The highest BCUT2D eigenvalue weighted by Crippen LogP contribution is 2.34. The van der Waals surface area contributed by atoms with Crippen LogP contribution in [0.2, 0.25) is 0 Å². The van der Waals surface area contributed by atoms with Gasteiger partial charge in [-0.15, -0.1) is 0 Å².